The molecule has 0 amide bonds. The molecule has 0 spiro atoms. The Balaban J connectivity index is 1.18. The third kappa shape index (κ3) is 5.34. The van der Waals surface area contributed by atoms with E-state index in [1.807, 2.05) is 18.2 Å². The number of nitrogens with zero attached hydrogens (tertiary/aromatic N) is 4. The van der Waals surface area contributed by atoms with Crippen LogP contribution >= 0.6 is 0 Å². The van der Waals surface area contributed by atoms with E-state index in [4.69, 9.17) is 15.0 Å². The van der Waals surface area contributed by atoms with Crippen molar-refractivity contribution in [3.8, 4) is 51.0 Å². The number of rotatable bonds is 5. The van der Waals surface area contributed by atoms with Gasteiger partial charge in [0.15, 0.2) is 17.5 Å². The minimum absolute atomic E-state index is 0.625. The average Bonchev–Trinajstić information content (AvgIpc) is 3.56. The molecule has 11 rings (SSSR count). The lowest BCUT2D eigenvalue weighted by molar-refractivity contribution is 1.07. The fourth-order valence-electron chi connectivity index (χ4n) is 8.05. The molecule has 0 aliphatic carbocycles. The minimum Gasteiger partial charge on any atom is -0.309 e. The molecule has 0 fully saturated rings. The first-order valence-corrected chi connectivity index (χ1v) is 18.6. The molecule has 0 saturated heterocycles. The standard InChI is InChI=1S/C51H32N4/c1-3-14-34(15-4-1)43-30-42(51-53-49(35-16-5-2-6-17-35)52-50(54-51)41-24-23-33-13-7-8-18-36(33)27-41)25-26-46(43)55-47-31-39-21-11-9-19-37(39)28-44(47)45-29-38-20-10-12-22-40(38)32-48(45)55/h1-32H. The Bertz CT molecular complexity index is 3160. The van der Waals surface area contributed by atoms with Crippen molar-refractivity contribution in [3.63, 3.8) is 0 Å². The molecule has 0 N–H and O–H groups in total. The molecule has 11 aromatic rings. The van der Waals surface area contributed by atoms with E-state index in [0.717, 1.165) is 38.9 Å². The Labute approximate surface area is 317 Å². The fraction of sp³-hybridized carbons (Fsp3) is 0. The highest BCUT2D eigenvalue weighted by Crippen LogP contribution is 2.41. The quantitative estimate of drug-likeness (QED) is 0.179. The van der Waals surface area contributed by atoms with Crippen molar-refractivity contribution in [2.75, 3.05) is 0 Å². The second-order valence-electron chi connectivity index (χ2n) is 14.1. The van der Waals surface area contributed by atoms with Gasteiger partial charge in [0.2, 0.25) is 0 Å². The molecule has 0 atom stereocenters. The van der Waals surface area contributed by atoms with Gasteiger partial charge in [-0.2, -0.15) is 0 Å². The first kappa shape index (κ1) is 31.1. The summed E-state index contributed by atoms with van der Waals surface area (Å²) in [5, 5.41) is 9.66. The summed E-state index contributed by atoms with van der Waals surface area (Å²) in [6.45, 7) is 0. The zero-order valence-electron chi connectivity index (χ0n) is 29.8. The maximum absolute atomic E-state index is 5.17. The van der Waals surface area contributed by atoms with Gasteiger partial charge in [0.1, 0.15) is 0 Å². The second kappa shape index (κ2) is 12.6. The van der Waals surface area contributed by atoms with Gasteiger partial charge in [0.25, 0.3) is 0 Å². The third-order valence-electron chi connectivity index (χ3n) is 10.8. The van der Waals surface area contributed by atoms with Crippen LogP contribution in [0.1, 0.15) is 0 Å². The molecule has 4 heteroatoms. The van der Waals surface area contributed by atoms with Crippen LogP contribution in [0.5, 0.6) is 0 Å². The lowest BCUT2D eigenvalue weighted by Crippen LogP contribution is -2.02. The molecule has 4 nitrogen and oxygen atoms in total. The Kier molecular flexibility index (Phi) is 7.14. The van der Waals surface area contributed by atoms with Gasteiger partial charge < -0.3 is 4.57 Å². The predicted molar refractivity (Wildman–Crippen MR) is 228 cm³/mol. The largest absolute Gasteiger partial charge is 0.309 e. The van der Waals surface area contributed by atoms with E-state index < -0.39 is 0 Å². The molecule has 0 unspecified atom stereocenters. The summed E-state index contributed by atoms with van der Waals surface area (Å²) in [5.41, 5.74) is 8.43. The molecule has 0 saturated carbocycles. The molecule has 0 aliphatic heterocycles. The van der Waals surface area contributed by atoms with Crippen LogP contribution in [0, 0.1) is 0 Å². The van der Waals surface area contributed by atoms with Crippen molar-refractivity contribution in [2.24, 2.45) is 0 Å². The maximum atomic E-state index is 5.17. The highest BCUT2D eigenvalue weighted by molar-refractivity contribution is 6.17. The van der Waals surface area contributed by atoms with Crippen molar-refractivity contribution in [1.29, 1.82) is 0 Å². The minimum atomic E-state index is 0.625. The molecular weight excluding hydrogens is 669 g/mol. The van der Waals surface area contributed by atoms with Gasteiger partial charge in [-0.1, -0.05) is 146 Å². The Morgan fingerprint density at radius 1 is 0.291 bits per heavy atom. The van der Waals surface area contributed by atoms with E-state index in [0.29, 0.717) is 17.5 Å². The first-order chi connectivity index (χ1) is 27.2. The van der Waals surface area contributed by atoms with Gasteiger partial charge >= 0.3 is 0 Å². The van der Waals surface area contributed by atoms with E-state index in [1.165, 1.54) is 48.7 Å². The van der Waals surface area contributed by atoms with Gasteiger partial charge in [0, 0.05) is 33.0 Å². The van der Waals surface area contributed by atoms with Crippen LogP contribution in [-0.2, 0) is 0 Å². The Morgan fingerprint density at radius 2 is 0.709 bits per heavy atom. The number of benzene rings is 9. The van der Waals surface area contributed by atoms with Crippen LogP contribution in [0.15, 0.2) is 194 Å². The molecule has 0 bridgehead atoms. The van der Waals surface area contributed by atoms with Crippen LogP contribution < -0.4 is 0 Å². The highest BCUT2D eigenvalue weighted by Gasteiger charge is 2.20. The number of hydrogen-bond acceptors (Lipinski definition) is 3. The molecule has 0 aliphatic rings. The molecule has 256 valence electrons. The summed E-state index contributed by atoms with van der Waals surface area (Å²) in [6, 6.07) is 68.9. The predicted octanol–water partition coefficient (Wildman–Crippen LogP) is 13.1. The van der Waals surface area contributed by atoms with Gasteiger partial charge in [0.05, 0.1) is 16.7 Å². The van der Waals surface area contributed by atoms with E-state index in [2.05, 4.69) is 180 Å². The second-order valence-corrected chi connectivity index (χ2v) is 14.1. The summed E-state index contributed by atoms with van der Waals surface area (Å²) in [6.07, 6.45) is 0. The molecule has 9 aromatic carbocycles. The number of fused-ring (bicyclic) bond motifs is 6. The van der Waals surface area contributed by atoms with Gasteiger partial charge in [-0.05, 0) is 86.4 Å². The SMILES string of the molecule is c1ccc(-c2nc(-c3ccc(-n4c5cc6ccccc6cc5c5cc6ccccc6cc54)c(-c4ccccc4)c3)nc(-c3ccc4ccccc4c3)n2)cc1. The summed E-state index contributed by atoms with van der Waals surface area (Å²) < 4.78 is 2.44. The maximum Gasteiger partial charge on any atom is 0.164 e. The van der Waals surface area contributed by atoms with E-state index in [-0.39, 0.29) is 0 Å². The summed E-state index contributed by atoms with van der Waals surface area (Å²) in [5.74, 6) is 1.90. The molecule has 55 heavy (non-hydrogen) atoms. The van der Waals surface area contributed by atoms with Crippen LogP contribution in [0.3, 0.4) is 0 Å². The first-order valence-electron chi connectivity index (χ1n) is 18.6. The van der Waals surface area contributed by atoms with Gasteiger partial charge in [-0.25, -0.2) is 15.0 Å². The van der Waals surface area contributed by atoms with E-state index in [1.54, 1.807) is 0 Å². The van der Waals surface area contributed by atoms with Crippen LogP contribution in [0.4, 0.5) is 0 Å². The molecule has 2 heterocycles. The number of hydrogen-bond donors (Lipinski definition) is 0. The lowest BCUT2D eigenvalue weighted by atomic mass is 9.99. The summed E-state index contributed by atoms with van der Waals surface area (Å²) in [4.78, 5) is 15.3. The van der Waals surface area contributed by atoms with Crippen molar-refractivity contribution in [1.82, 2.24) is 19.5 Å². The van der Waals surface area contributed by atoms with Crippen molar-refractivity contribution in [2.45, 2.75) is 0 Å². The van der Waals surface area contributed by atoms with Crippen molar-refractivity contribution >= 4 is 54.1 Å². The lowest BCUT2D eigenvalue weighted by Gasteiger charge is -2.16. The van der Waals surface area contributed by atoms with Gasteiger partial charge in [-0.3, -0.25) is 0 Å². The molecule has 2 aromatic heterocycles. The monoisotopic (exact) mass is 700 g/mol. The van der Waals surface area contributed by atoms with E-state index >= 15 is 0 Å². The topological polar surface area (TPSA) is 43.6 Å². The fourth-order valence-corrected chi connectivity index (χ4v) is 8.05. The Hall–Kier alpha value is -7.43. The average molecular weight is 701 g/mol. The van der Waals surface area contributed by atoms with Crippen molar-refractivity contribution in [3.05, 3.63) is 194 Å². The van der Waals surface area contributed by atoms with Crippen LogP contribution in [0.2, 0.25) is 0 Å². The number of aromatic nitrogens is 4. The molecule has 0 radical (unpaired) electrons. The van der Waals surface area contributed by atoms with Crippen LogP contribution in [0.25, 0.3) is 105 Å². The van der Waals surface area contributed by atoms with E-state index in [9.17, 15) is 0 Å². The molecular formula is C51H32N4. The normalized spacial score (nSPS) is 11.6. The summed E-state index contributed by atoms with van der Waals surface area (Å²) >= 11 is 0. The van der Waals surface area contributed by atoms with Crippen molar-refractivity contribution < 1.29 is 0 Å². The Morgan fingerprint density at radius 3 is 1.27 bits per heavy atom. The van der Waals surface area contributed by atoms with Gasteiger partial charge in [-0.15, -0.1) is 0 Å². The zero-order chi connectivity index (χ0) is 36.3. The third-order valence-corrected chi connectivity index (χ3v) is 10.8. The zero-order valence-corrected chi connectivity index (χ0v) is 29.8. The van der Waals surface area contributed by atoms with Crippen LogP contribution in [-0.4, -0.2) is 19.5 Å². The smallest absolute Gasteiger partial charge is 0.164 e. The highest BCUT2D eigenvalue weighted by atomic mass is 15.0. The summed E-state index contributed by atoms with van der Waals surface area (Å²) in [7, 11) is 0.